The molecule has 2 saturated heterocycles. The maximum Gasteiger partial charge on any atom is 0.0678 e. The number of nitrogens with one attached hydrogen (secondary N) is 3. The lowest BCUT2D eigenvalue weighted by Crippen LogP contribution is -2.44. The lowest BCUT2D eigenvalue weighted by atomic mass is 9.96. The van der Waals surface area contributed by atoms with Crippen molar-refractivity contribution in [3.05, 3.63) is 35.4 Å². The van der Waals surface area contributed by atoms with Gasteiger partial charge in [-0.15, -0.1) is 12.4 Å². The molecule has 0 saturated carbocycles. The highest BCUT2D eigenvalue weighted by molar-refractivity contribution is 5.85. The molecule has 2 aliphatic rings. The van der Waals surface area contributed by atoms with Crippen LogP contribution in [0.2, 0.25) is 0 Å². The van der Waals surface area contributed by atoms with Crippen molar-refractivity contribution in [1.82, 2.24) is 21.1 Å². The number of rotatable bonds is 6. The quantitative estimate of drug-likeness (QED) is 0.704. The van der Waals surface area contributed by atoms with Crippen LogP contribution in [0.1, 0.15) is 38.8 Å². The molecule has 3 rings (SSSR count). The van der Waals surface area contributed by atoms with Gasteiger partial charge in [0.15, 0.2) is 0 Å². The van der Waals surface area contributed by atoms with E-state index >= 15 is 0 Å². The fourth-order valence-electron chi connectivity index (χ4n) is 4.08. The molecule has 2 fully saturated rings. The summed E-state index contributed by atoms with van der Waals surface area (Å²) < 4.78 is 5.82. The molecule has 0 bridgehead atoms. The Bertz CT molecular complexity index is 521. The van der Waals surface area contributed by atoms with Gasteiger partial charge in [0, 0.05) is 50.7 Å². The molecule has 26 heavy (non-hydrogen) atoms. The van der Waals surface area contributed by atoms with E-state index in [4.69, 9.17) is 4.74 Å². The second kappa shape index (κ2) is 10.0. The zero-order chi connectivity index (χ0) is 17.8. The molecular formula is C20H35ClN4O. The van der Waals surface area contributed by atoms with Crippen molar-refractivity contribution in [3.63, 3.8) is 0 Å². The maximum atomic E-state index is 5.82. The first-order valence-electron chi connectivity index (χ1n) is 9.68. The highest BCUT2D eigenvalue weighted by Crippen LogP contribution is 2.16. The van der Waals surface area contributed by atoms with E-state index in [1.807, 2.05) is 0 Å². The van der Waals surface area contributed by atoms with Crippen LogP contribution >= 0.6 is 12.4 Å². The molecule has 6 heteroatoms. The summed E-state index contributed by atoms with van der Waals surface area (Å²) in [6.45, 7) is 13.8. The second-order valence-corrected chi connectivity index (χ2v) is 7.93. The third kappa shape index (κ3) is 5.91. The van der Waals surface area contributed by atoms with Crippen LogP contribution in [0.4, 0.5) is 0 Å². The first-order valence-corrected chi connectivity index (χ1v) is 9.68. The Balaban J connectivity index is 0.00000243. The van der Waals surface area contributed by atoms with E-state index in [9.17, 15) is 0 Å². The van der Waals surface area contributed by atoms with Crippen LogP contribution in [-0.2, 0) is 17.8 Å². The summed E-state index contributed by atoms with van der Waals surface area (Å²) in [6.07, 6.45) is 0.660. The first-order chi connectivity index (χ1) is 12.0. The summed E-state index contributed by atoms with van der Waals surface area (Å²) in [5, 5.41) is 3.61. The Hall–Kier alpha value is -0.690. The van der Waals surface area contributed by atoms with Crippen molar-refractivity contribution in [2.75, 3.05) is 19.6 Å². The highest BCUT2D eigenvalue weighted by Gasteiger charge is 2.29. The smallest absolute Gasteiger partial charge is 0.0678 e. The Morgan fingerprint density at radius 2 is 1.50 bits per heavy atom. The minimum Gasteiger partial charge on any atom is -0.373 e. The maximum absolute atomic E-state index is 5.82. The van der Waals surface area contributed by atoms with E-state index in [1.54, 1.807) is 0 Å². The van der Waals surface area contributed by atoms with E-state index in [0.29, 0.717) is 30.2 Å². The van der Waals surface area contributed by atoms with Crippen molar-refractivity contribution in [2.45, 2.75) is 65.1 Å². The van der Waals surface area contributed by atoms with Crippen LogP contribution in [0.3, 0.4) is 0 Å². The molecule has 4 atom stereocenters. The van der Waals surface area contributed by atoms with Gasteiger partial charge in [0.05, 0.1) is 12.2 Å². The number of nitrogens with zero attached hydrogens (tertiary/aromatic N) is 1. The molecule has 3 N–H and O–H groups in total. The Kier molecular flexibility index (Phi) is 8.33. The number of halogens is 1. The molecule has 0 aromatic heterocycles. The van der Waals surface area contributed by atoms with Gasteiger partial charge in [0.2, 0.25) is 0 Å². The van der Waals surface area contributed by atoms with Gasteiger partial charge in [-0.3, -0.25) is 15.8 Å². The summed E-state index contributed by atoms with van der Waals surface area (Å²) in [4.78, 5) is 2.50. The second-order valence-electron chi connectivity index (χ2n) is 7.93. The minimum atomic E-state index is 0. The average Bonchev–Trinajstić information content (AvgIpc) is 2.87. The molecule has 148 valence electrons. The van der Waals surface area contributed by atoms with Gasteiger partial charge in [-0.2, -0.15) is 0 Å². The molecule has 1 aromatic carbocycles. The normalized spacial score (nSPS) is 32.4. The van der Waals surface area contributed by atoms with Crippen LogP contribution in [-0.4, -0.2) is 48.8 Å². The number of hydrogen-bond acceptors (Lipinski definition) is 5. The molecule has 1 aromatic rings. The summed E-state index contributed by atoms with van der Waals surface area (Å²) >= 11 is 0. The SMILES string of the molecule is CC1CN(Cc2ccc(CNCC3C(C)NNC3C)cc2)CC(C)O1.Cl. The van der Waals surface area contributed by atoms with E-state index in [-0.39, 0.29) is 12.4 Å². The monoisotopic (exact) mass is 382 g/mol. The molecule has 0 amide bonds. The number of morpholine rings is 1. The van der Waals surface area contributed by atoms with Crippen LogP contribution in [0.15, 0.2) is 24.3 Å². The summed E-state index contributed by atoms with van der Waals surface area (Å²) in [7, 11) is 0. The lowest BCUT2D eigenvalue weighted by Gasteiger charge is -2.35. The molecule has 2 aliphatic heterocycles. The van der Waals surface area contributed by atoms with Crippen molar-refractivity contribution in [1.29, 1.82) is 0 Å². The third-order valence-electron chi connectivity index (χ3n) is 5.46. The van der Waals surface area contributed by atoms with Crippen molar-refractivity contribution >= 4 is 12.4 Å². The molecule has 5 nitrogen and oxygen atoms in total. The van der Waals surface area contributed by atoms with Crippen LogP contribution in [0, 0.1) is 5.92 Å². The van der Waals surface area contributed by atoms with E-state index in [1.165, 1.54) is 11.1 Å². The van der Waals surface area contributed by atoms with Gasteiger partial charge in [0.1, 0.15) is 0 Å². The van der Waals surface area contributed by atoms with Crippen molar-refractivity contribution < 1.29 is 4.74 Å². The third-order valence-corrected chi connectivity index (χ3v) is 5.46. The number of ether oxygens (including phenoxy) is 1. The van der Waals surface area contributed by atoms with E-state index in [0.717, 1.165) is 32.7 Å². The predicted octanol–water partition coefficient (Wildman–Crippen LogP) is 2.31. The number of hydrazine groups is 1. The summed E-state index contributed by atoms with van der Waals surface area (Å²) in [6, 6.07) is 10.1. The zero-order valence-electron chi connectivity index (χ0n) is 16.5. The van der Waals surface area contributed by atoms with Gasteiger partial charge in [-0.1, -0.05) is 24.3 Å². The zero-order valence-corrected chi connectivity index (χ0v) is 17.3. The Morgan fingerprint density at radius 3 is 2.08 bits per heavy atom. The number of benzene rings is 1. The Labute approximate surface area is 164 Å². The van der Waals surface area contributed by atoms with E-state index < -0.39 is 0 Å². The standard InChI is InChI=1S/C20H34N4O.ClH/c1-14-11-24(12-15(2)25-14)13-19-7-5-18(6-8-19)9-21-10-20-16(3)22-23-17(20)4;/h5-8,14-17,20-23H,9-13H2,1-4H3;1H. The van der Waals surface area contributed by atoms with Crippen LogP contribution in [0.25, 0.3) is 0 Å². The summed E-state index contributed by atoms with van der Waals surface area (Å²) in [5.41, 5.74) is 9.37. The lowest BCUT2D eigenvalue weighted by molar-refractivity contribution is -0.0704. The van der Waals surface area contributed by atoms with E-state index in [2.05, 4.69) is 73.0 Å². The van der Waals surface area contributed by atoms with Gasteiger partial charge < -0.3 is 10.1 Å². The first kappa shape index (κ1) is 21.6. The molecule has 0 radical (unpaired) electrons. The predicted molar refractivity (Wildman–Crippen MR) is 109 cm³/mol. The molecule has 0 spiro atoms. The highest BCUT2D eigenvalue weighted by atomic mass is 35.5. The topological polar surface area (TPSA) is 48.6 Å². The fraction of sp³-hybridized carbons (Fsp3) is 0.700. The molecule has 2 heterocycles. The van der Waals surface area contributed by atoms with Crippen molar-refractivity contribution in [2.24, 2.45) is 5.92 Å². The summed E-state index contributed by atoms with van der Waals surface area (Å²) in [5.74, 6) is 0.629. The molecule has 4 unspecified atom stereocenters. The van der Waals surface area contributed by atoms with Gasteiger partial charge in [-0.25, -0.2) is 0 Å². The fourth-order valence-corrected chi connectivity index (χ4v) is 4.08. The Morgan fingerprint density at radius 1 is 0.962 bits per heavy atom. The average molecular weight is 383 g/mol. The number of hydrogen-bond donors (Lipinski definition) is 3. The van der Waals surface area contributed by atoms with Gasteiger partial charge >= 0.3 is 0 Å². The van der Waals surface area contributed by atoms with Crippen molar-refractivity contribution in [3.8, 4) is 0 Å². The largest absolute Gasteiger partial charge is 0.373 e. The van der Waals surface area contributed by atoms with Gasteiger partial charge in [0.25, 0.3) is 0 Å². The van der Waals surface area contributed by atoms with Gasteiger partial charge in [-0.05, 0) is 38.8 Å². The molecule has 0 aliphatic carbocycles. The van der Waals surface area contributed by atoms with Crippen LogP contribution in [0.5, 0.6) is 0 Å². The minimum absolute atomic E-state index is 0. The van der Waals surface area contributed by atoms with Crippen LogP contribution < -0.4 is 16.2 Å². The molecular weight excluding hydrogens is 348 g/mol.